The Morgan fingerprint density at radius 3 is 2.70 bits per heavy atom. The number of aromatic nitrogens is 3. The van der Waals surface area contributed by atoms with E-state index in [9.17, 15) is 4.79 Å². The molecular weight excluding hydrogens is 518 g/mol. The summed E-state index contributed by atoms with van der Waals surface area (Å²) >= 11 is 6.12. The molecule has 1 atom stereocenters. The van der Waals surface area contributed by atoms with Gasteiger partial charge in [-0.15, -0.1) is 0 Å². The van der Waals surface area contributed by atoms with Gasteiger partial charge in [-0.3, -0.25) is 19.7 Å². The van der Waals surface area contributed by atoms with Gasteiger partial charge in [0, 0.05) is 62.4 Å². The first kappa shape index (κ1) is 26.2. The monoisotopic (exact) mass is 549 g/mol. The SMILES string of the molecule is Cn1cc(CN(Cc2ccc(CNC(=O)c3ccncc3Cl)cc2)C2CCCc3cccnc32)c2ccccc21. The second-order valence-corrected chi connectivity index (χ2v) is 10.9. The molecule has 3 aromatic heterocycles. The average molecular weight is 550 g/mol. The van der Waals surface area contributed by atoms with Crippen molar-refractivity contribution in [1.82, 2.24) is 24.8 Å². The lowest BCUT2D eigenvalue weighted by atomic mass is 9.90. The van der Waals surface area contributed by atoms with E-state index in [1.807, 2.05) is 6.20 Å². The number of carbonyl (C=O) groups excluding carboxylic acids is 1. The molecule has 0 aliphatic heterocycles. The number of amides is 1. The molecule has 5 aromatic rings. The van der Waals surface area contributed by atoms with Crippen molar-refractivity contribution in [1.29, 1.82) is 0 Å². The van der Waals surface area contributed by atoms with Gasteiger partial charge < -0.3 is 9.88 Å². The lowest BCUT2D eigenvalue weighted by Crippen LogP contribution is -2.31. The zero-order chi connectivity index (χ0) is 27.5. The van der Waals surface area contributed by atoms with Crippen molar-refractivity contribution in [2.75, 3.05) is 0 Å². The first-order valence-electron chi connectivity index (χ1n) is 13.7. The molecule has 1 aliphatic carbocycles. The number of carbonyl (C=O) groups is 1. The molecule has 1 unspecified atom stereocenters. The third-order valence-corrected chi connectivity index (χ3v) is 8.14. The minimum Gasteiger partial charge on any atom is -0.350 e. The second-order valence-electron chi connectivity index (χ2n) is 10.5. The summed E-state index contributed by atoms with van der Waals surface area (Å²) in [4.78, 5) is 23.9. The molecule has 2 aromatic carbocycles. The van der Waals surface area contributed by atoms with Crippen LogP contribution in [-0.2, 0) is 33.1 Å². The third-order valence-electron chi connectivity index (χ3n) is 7.84. The lowest BCUT2D eigenvalue weighted by molar-refractivity contribution is 0.0951. The molecule has 6 rings (SSSR count). The Hall–Kier alpha value is -4.00. The first-order valence-corrected chi connectivity index (χ1v) is 14.1. The Labute approximate surface area is 239 Å². The number of nitrogens with zero attached hydrogens (tertiary/aromatic N) is 4. The van der Waals surface area contributed by atoms with Crippen molar-refractivity contribution in [2.45, 2.75) is 44.9 Å². The van der Waals surface area contributed by atoms with Crippen LogP contribution >= 0.6 is 11.6 Å². The summed E-state index contributed by atoms with van der Waals surface area (Å²) in [6.45, 7) is 2.08. The summed E-state index contributed by atoms with van der Waals surface area (Å²) < 4.78 is 2.22. The van der Waals surface area contributed by atoms with E-state index in [0.717, 1.165) is 37.9 Å². The molecule has 0 bridgehead atoms. The van der Waals surface area contributed by atoms with Crippen LogP contribution in [0.1, 0.15) is 57.2 Å². The number of pyridine rings is 2. The summed E-state index contributed by atoms with van der Waals surface area (Å²) in [5.74, 6) is -0.207. The predicted octanol–water partition coefficient (Wildman–Crippen LogP) is 6.63. The fourth-order valence-electron chi connectivity index (χ4n) is 5.82. The van der Waals surface area contributed by atoms with Gasteiger partial charge in [0.1, 0.15) is 0 Å². The van der Waals surface area contributed by atoms with E-state index in [-0.39, 0.29) is 11.9 Å². The van der Waals surface area contributed by atoms with Crippen LogP contribution in [-0.4, -0.2) is 25.3 Å². The van der Waals surface area contributed by atoms with Crippen LogP contribution in [0.5, 0.6) is 0 Å². The highest BCUT2D eigenvalue weighted by atomic mass is 35.5. The molecular formula is C33H32ClN5O. The van der Waals surface area contributed by atoms with E-state index in [1.54, 1.807) is 12.3 Å². The van der Waals surface area contributed by atoms with E-state index in [2.05, 4.69) is 93.7 Å². The zero-order valence-corrected chi connectivity index (χ0v) is 23.3. The van der Waals surface area contributed by atoms with Crippen molar-refractivity contribution in [3.8, 4) is 0 Å². The molecule has 0 saturated heterocycles. The average Bonchev–Trinajstić information content (AvgIpc) is 3.31. The van der Waals surface area contributed by atoms with Crippen molar-refractivity contribution in [3.05, 3.63) is 130 Å². The van der Waals surface area contributed by atoms with E-state index >= 15 is 0 Å². The molecule has 0 saturated carbocycles. The molecule has 202 valence electrons. The van der Waals surface area contributed by atoms with E-state index in [1.165, 1.54) is 39.5 Å². The van der Waals surface area contributed by atoms with Crippen LogP contribution < -0.4 is 5.32 Å². The number of benzene rings is 2. The minimum atomic E-state index is -0.207. The largest absolute Gasteiger partial charge is 0.350 e. The van der Waals surface area contributed by atoms with Gasteiger partial charge in [0.2, 0.25) is 0 Å². The van der Waals surface area contributed by atoms with Gasteiger partial charge in [-0.25, -0.2) is 0 Å². The molecule has 0 radical (unpaired) electrons. The Bertz CT molecular complexity index is 1640. The molecule has 6 nitrogen and oxygen atoms in total. The number of aryl methyl sites for hydroxylation is 2. The van der Waals surface area contributed by atoms with E-state index in [0.29, 0.717) is 17.1 Å². The van der Waals surface area contributed by atoms with Gasteiger partial charge >= 0.3 is 0 Å². The molecule has 0 fully saturated rings. The summed E-state index contributed by atoms with van der Waals surface area (Å²) in [7, 11) is 2.12. The van der Waals surface area contributed by atoms with Gasteiger partial charge in [-0.1, -0.05) is 60.1 Å². The summed E-state index contributed by atoms with van der Waals surface area (Å²) in [5.41, 5.74) is 7.85. The Kier molecular flexibility index (Phi) is 7.62. The normalized spacial score (nSPS) is 14.8. The van der Waals surface area contributed by atoms with Gasteiger partial charge in [-0.05, 0) is 59.7 Å². The highest BCUT2D eigenvalue weighted by Gasteiger charge is 2.28. The molecule has 3 heterocycles. The number of para-hydroxylation sites is 1. The number of fused-ring (bicyclic) bond motifs is 2. The van der Waals surface area contributed by atoms with Gasteiger partial charge in [0.05, 0.1) is 22.3 Å². The van der Waals surface area contributed by atoms with Crippen LogP contribution in [0.15, 0.2) is 91.5 Å². The number of rotatable bonds is 8. The summed E-state index contributed by atoms with van der Waals surface area (Å²) in [6.07, 6.45) is 10.6. The maximum absolute atomic E-state index is 12.6. The maximum Gasteiger partial charge on any atom is 0.253 e. The Morgan fingerprint density at radius 1 is 1.02 bits per heavy atom. The smallest absolute Gasteiger partial charge is 0.253 e. The molecule has 40 heavy (non-hydrogen) atoms. The first-order chi connectivity index (χ1) is 19.6. The molecule has 1 N–H and O–H groups in total. The van der Waals surface area contributed by atoms with Crippen molar-refractivity contribution >= 4 is 28.4 Å². The zero-order valence-electron chi connectivity index (χ0n) is 22.6. The number of hydrogen-bond acceptors (Lipinski definition) is 4. The molecule has 7 heteroatoms. The van der Waals surface area contributed by atoms with Gasteiger partial charge in [0.15, 0.2) is 0 Å². The van der Waals surface area contributed by atoms with Crippen molar-refractivity contribution in [3.63, 3.8) is 0 Å². The Morgan fingerprint density at radius 2 is 1.85 bits per heavy atom. The fraction of sp³-hybridized carbons (Fsp3) is 0.242. The highest BCUT2D eigenvalue weighted by molar-refractivity contribution is 6.33. The second kappa shape index (κ2) is 11.6. The van der Waals surface area contributed by atoms with Crippen LogP contribution in [0.4, 0.5) is 0 Å². The quantitative estimate of drug-likeness (QED) is 0.236. The van der Waals surface area contributed by atoms with Gasteiger partial charge in [-0.2, -0.15) is 0 Å². The number of nitrogens with one attached hydrogen (secondary N) is 1. The standard InChI is InChI=1S/C33H32ClN5O/c1-38-21-26(27-8-2-3-9-30(27)38)22-39(31-10-4-6-25-7-5-16-36-32(25)31)20-24-13-11-23(12-14-24)18-37-33(40)28-15-17-35-19-29(28)34/h2-3,5,7-9,11-17,19,21,31H,4,6,10,18,20,22H2,1H3,(H,37,40). The third kappa shape index (κ3) is 5.51. The minimum absolute atomic E-state index is 0.207. The number of hydrogen-bond donors (Lipinski definition) is 1. The van der Waals surface area contributed by atoms with Crippen LogP contribution in [0.2, 0.25) is 5.02 Å². The van der Waals surface area contributed by atoms with Crippen molar-refractivity contribution < 1.29 is 4.79 Å². The molecule has 1 aliphatic rings. The topological polar surface area (TPSA) is 63.0 Å². The van der Waals surface area contributed by atoms with Crippen LogP contribution in [0.25, 0.3) is 10.9 Å². The fourth-order valence-corrected chi connectivity index (χ4v) is 6.03. The Balaban J connectivity index is 1.23. The van der Waals surface area contributed by atoms with Gasteiger partial charge in [0.25, 0.3) is 5.91 Å². The molecule has 0 spiro atoms. The van der Waals surface area contributed by atoms with Crippen LogP contribution in [0.3, 0.4) is 0 Å². The van der Waals surface area contributed by atoms with E-state index in [4.69, 9.17) is 16.6 Å². The highest BCUT2D eigenvalue weighted by Crippen LogP contribution is 2.36. The summed E-state index contributed by atoms with van der Waals surface area (Å²) in [6, 6.07) is 23.3. The van der Waals surface area contributed by atoms with Crippen molar-refractivity contribution in [2.24, 2.45) is 7.05 Å². The number of halogens is 1. The lowest BCUT2D eigenvalue weighted by Gasteiger charge is -2.35. The predicted molar refractivity (Wildman–Crippen MR) is 159 cm³/mol. The molecule has 1 amide bonds. The van der Waals surface area contributed by atoms with E-state index < -0.39 is 0 Å². The van der Waals surface area contributed by atoms with Crippen LogP contribution in [0, 0.1) is 0 Å². The summed E-state index contributed by atoms with van der Waals surface area (Å²) in [5, 5.41) is 4.61. The maximum atomic E-state index is 12.6.